The second-order valence-corrected chi connectivity index (χ2v) is 1.71. The molecule has 0 aromatic carbocycles. The van der Waals surface area contributed by atoms with Crippen LogP contribution in [0, 0.1) is 0 Å². The number of hydrogen-bond donors (Lipinski definition) is 2. The lowest BCUT2D eigenvalue weighted by atomic mass is 10.6. The highest BCUT2D eigenvalue weighted by atomic mass is 32.1. The van der Waals surface area contributed by atoms with Crippen molar-refractivity contribution in [2.45, 2.75) is 0 Å². The first-order chi connectivity index (χ1) is 3.30. The maximum Gasteiger partial charge on any atom is 0.113 e. The van der Waals surface area contributed by atoms with Gasteiger partial charge in [-0.15, -0.1) is 0 Å². The topological polar surface area (TPSA) is 30.9 Å². The Morgan fingerprint density at radius 1 is 1.71 bits per heavy atom. The van der Waals surface area contributed by atoms with Gasteiger partial charge in [0, 0.05) is 6.20 Å². The van der Waals surface area contributed by atoms with Crippen LogP contribution in [0.2, 0.25) is 0 Å². The fourth-order valence-corrected chi connectivity index (χ4v) is 0.529. The highest BCUT2D eigenvalue weighted by molar-refractivity contribution is 7.78. The molecule has 1 aromatic heterocycles. The summed E-state index contributed by atoms with van der Waals surface area (Å²) >= 11 is 3.94. The quantitative estimate of drug-likeness (QED) is 0.479. The molecule has 0 bridgehead atoms. The van der Waals surface area contributed by atoms with Crippen LogP contribution in [0.3, 0.4) is 0 Å². The molecule has 3 heteroatoms. The van der Waals surface area contributed by atoms with Gasteiger partial charge in [-0.3, -0.25) is 3.97 Å². The van der Waals surface area contributed by atoms with Crippen molar-refractivity contribution in [3.8, 4) is 0 Å². The Morgan fingerprint density at radius 3 is 2.57 bits per heavy atom. The number of anilines is 1. The highest BCUT2D eigenvalue weighted by Crippen LogP contribution is 2.02. The largest absolute Gasteiger partial charge is 0.384 e. The molecule has 1 aromatic rings. The average Bonchev–Trinajstić information content (AvgIpc) is 1.91. The molecule has 0 aliphatic heterocycles. The fourth-order valence-electron chi connectivity index (χ4n) is 0.386. The van der Waals surface area contributed by atoms with Crippen LogP contribution in [-0.2, 0) is 0 Å². The van der Waals surface area contributed by atoms with Crippen LogP contribution in [-0.4, -0.2) is 3.97 Å². The van der Waals surface area contributed by atoms with E-state index in [2.05, 4.69) is 12.8 Å². The Bertz CT molecular complexity index is 142. The van der Waals surface area contributed by atoms with Crippen molar-refractivity contribution >= 4 is 18.6 Å². The normalized spacial score (nSPS) is 9.29. The van der Waals surface area contributed by atoms with Crippen molar-refractivity contribution in [2.24, 2.45) is 0 Å². The minimum atomic E-state index is 0.670. The van der Waals surface area contributed by atoms with Crippen molar-refractivity contribution in [1.82, 2.24) is 3.97 Å². The van der Waals surface area contributed by atoms with Crippen LogP contribution in [0.4, 0.5) is 5.82 Å². The fraction of sp³-hybridized carbons (Fsp3) is 0. The van der Waals surface area contributed by atoms with Gasteiger partial charge in [0.15, 0.2) is 0 Å². The van der Waals surface area contributed by atoms with E-state index in [1.54, 1.807) is 16.2 Å². The summed E-state index contributed by atoms with van der Waals surface area (Å²) in [6, 6.07) is 3.62. The van der Waals surface area contributed by atoms with Crippen molar-refractivity contribution in [2.75, 3.05) is 5.73 Å². The summed E-state index contributed by atoms with van der Waals surface area (Å²) in [5.41, 5.74) is 5.33. The number of hydrogen-bond acceptors (Lipinski definition) is 2. The maximum atomic E-state index is 5.33. The van der Waals surface area contributed by atoms with Crippen LogP contribution >= 0.6 is 12.8 Å². The SMILES string of the molecule is Nc1cccn1S. The number of nitrogen functional groups attached to an aromatic ring is 1. The number of rotatable bonds is 0. The minimum Gasteiger partial charge on any atom is -0.384 e. The molecule has 0 fully saturated rings. The monoisotopic (exact) mass is 114 g/mol. The van der Waals surface area contributed by atoms with Crippen molar-refractivity contribution < 1.29 is 0 Å². The van der Waals surface area contributed by atoms with E-state index in [1.807, 2.05) is 6.07 Å². The number of nitrogens with two attached hydrogens (primary N) is 1. The van der Waals surface area contributed by atoms with Crippen LogP contribution < -0.4 is 5.73 Å². The molecule has 38 valence electrons. The van der Waals surface area contributed by atoms with Gasteiger partial charge in [-0.2, -0.15) is 0 Å². The Morgan fingerprint density at radius 2 is 2.43 bits per heavy atom. The van der Waals surface area contributed by atoms with Crippen LogP contribution in [0.15, 0.2) is 18.3 Å². The van der Waals surface area contributed by atoms with Gasteiger partial charge in [0.25, 0.3) is 0 Å². The van der Waals surface area contributed by atoms with Crippen LogP contribution in [0.1, 0.15) is 0 Å². The molecule has 7 heavy (non-hydrogen) atoms. The maximum absolute atomic E-state index is 5.33. The molecule has 0 spiro atoms. The van der Waals surface area contributed by atoms with E-state index in [9.17, 15) is 0 Å². The van der Waals surface area contributed by atoms with E-state index >= 15 is 0 Å². The van der Waals surface area contributed by atoms with E-state index < -0.39 is 0 Å². The summed E-state index contributed by atoms with van der Waals surface area (Å²) in [6.45, 7) is 0. The van der Waals surface area contributed by atoms with E-state index in [1.165, 1.54) is 0 Å². The van der Waals surface area contributed by atoms with E-state index in [0.717, 1.165) is 0 Å². The second kappa shape index (κ2) is 1.50. The zero-order valence-electron chi connectivity index (χ0n) is 3.70. The van der Waals surface area contributed by atoms with Gasteiger partial charge in [0.05, 0.1) is 0 Å². The molecule has 0 aliphatic rings. The molecule has 0 saturated heterocycles. The number of nitrogens with zero attached hydrogens (tertiary/aromatic N) is 1. The van der Waals surface area contributed by atoms with Crippen molar-refractivity contribution in [1.29, 1.82) is 0 Å². The standard InChI is InChI=1S/C4H6N2S/c5-4-2-1-3-6(4)7/h1-3,7H,5H2. The van der Waals surface area contributed by atoms with Gasteiger partial charge in [0.2, 0.25) is 0 Å². The van der Waals surface area contributed by atoms with Crippen LogP contribution in [0.25, 0.3) is 0 Å². The zero-order chi connectivity index (χ0) is 5.28. The first-order valence-corrected chi connectivity index (χ1v) is 2.33. The first kappa shape index (κ1) is 4.59. The van der Waals surface area contributed by atoms with E-state index in [-0.39, 0.29) is 0 Å². The lowest BCUT2D eigenvalue weighted by molar-refractivity contribution is 1.31. The van der Waals surface area contributed by atoms with E-state index in [4.69, 9.17) is 5.73 Å². The molecule has 1 rings (SSSR count). The third-order valence-electron chi connectivity index (χ3n) is 0.759. The molecule has 1 heterocycles. The third kappa shape index (κ3) is 0.718. The summed E-state index contributed by atoms with van der Waals surface area (Å²) < 4.78 is 1.56. The zero-order valence-corrected chi connectivity index (χ0v) is 4.60. The van der Waals surface area contributed by atoms with Gasteiger partial charge in [-0.25, -0.2) is 0 Å². The van der Waals surface area contributed by atoms with Gasteiger partial charge in [-0.05, 0) is 12.1 Å². The summed E-state index contributed by atoms with van der Waals surface area (Å²) in [7, 11) is 0. The van der Waals surface area contributed by atoms with Gasteiger partial charge in [-0.1, -0.05) is 12.8 Å². The third-order valence-corrected chi connectivity index (χ3v) is 1.12. The molecule has 0 unspecified atom stereocenters. The van der Waals surface area contributed by atoms with Crippen LogP contribution in [0.5, 0.6) is 0 Å². The Balaban J connectivity index is 3.12. The molecule has 2 nitrogen and oxygen atoms in total. The molecule has 0 aliphatic carbocycles. The Kier molecular flexibility index (Phi) is 0.982. The lowest BCUT2D eigenvalue weighted by Gasteiger charge is -1.88. The number of aromatic nitrogens is 1. The molecule has 0 saturated carbocycles. The van der Waals surface area contributed by atoms with Crippen molar-refractivity contribution in [3.63, 3.8) is 0 Å². The van der Waals surface area contributed by atoms with Gasteiger partial charge < -0.3 is 5.73 Å². The Labute approximate surface area is 47.5 Å². The van der Waals surface area contributed by atoms with E-state index in [0.29, 0.717) is 5.82 Å². The Hall–Kier alpha value is -0.570. The minimum absolute atomic E-state index is 0.670. The van der Waals surface area contributed by atoms with Gasteiger partial charge >= 0.3 is 0 Å². The predicted octanol–water partition coefficient (Wildman–Crippen LogP) is 0.763. The molecule has 2 N–H and O–H groups in total. The molecule has 0 radical (unpaired) electrons. The summed E-state index contributed by atoms with van der Waals surface area (Å²) in [4.78, 5) is 0. The van der Waals surface area contributed by atoms with Crippen molar-refractivity contribution in [3.05, 3.63) is 18.3 Å². The summed E-state index contributed by atoms with van der Waals surface area (Å²) in [5.74, 6) is 0.670. The molecular weight excluding hydrogens is 108 g/mol. The summed E-state index contributed by atoms with van der Waals surface area (Å²) in [5, 5.41) is 0. The first-order valence-electron chi connectivity index (χ1n) is 1.93. The lowest BCUT2D eigenvalue weighted by Crippen LogP contribution is -1.87. The smallest absolute Gasteiger partial charge is 0.113 e. The van der Waals surface area contributed by atoms with Gasteiger partial charge in [0.1, 0.15) is 5.82 Å². The molecule has 0 atom stereocenters. The number of thiol groups is 1. The molecule has 0 amide bonds. The highest BCUT2D eigenvalue weighted by Gasteiger charge is 1.83. The second-order valence-electron chi connectivity index (χ2n) is 1.28. The average molecular weight is 114 g/mol. The summed E-state index contributed by atoms with van der Waals surface area (Å²) in [6.07, 6.45) is 1.78. The predicted molar refractivity (Wildman–Crippen MR) is 33.2 cm³/mol. The molecular formula is C4H6N2S.